The predicted octanol–water partition coefficient (Wildman–Crippen LogP) is 4.82. The first-order valence-corrected chi connectivity index (χ1v) is 6.75. The first kappa shape index (κ1) is 18.8. The SMILES string of the molecule is [B]C(C)(C)N(/C(C=C)=C/C=C\C=C)/C(C=C)=C/C=C\C=C. The lowest BCUT2D eigenvalue weighted by Crippen LogP contribution is -2.42. The summed E-state index contributed by atoms with van der Waals surface area (Å²) >= 11 is 0. The fourth-order valence-electron chi connectivity index (χ4n) is 1.75. The van der Waals surface area contributed by atoms with E-state index in [1.807, 2.05) is 55.2 Å². The van der Waals surface area contributed by atoms with Crippen molar-refractivity contribution in [3.8, 4) is 0 Å². The summed E-state index contributed by atoms with van der Waals surface area (Å²) in [6.07, 6.45) is 18.3. The second-order valence-corrected chi connectivity index (χ2v) is 4.82. The second kappa shape index (κ2) is 9.65. The van der Waals surface area contributed by atoms with Crippen LogP contribution in [0.25, 0.3) is 0 Å². The molecule has 0 unspecified atom stereocenters. The van der Waals surface area contributed by atoms with Gasteiger partial charge in [-0.15, -0.1) is 0 Å². The van der Waals surface area contributed by atoms with Crippen molar-refractivity contribution in [1.82, 2.24) is 4.90 Å². The molecule has 0 heterocycles. The smallest absolute Gasteiger partial charge is 0.104 e. The third-order valence-electron chi connectivity index (χ3n) is 2.54. The number of allylic oxidation sites excluding steroid dienone is 10. The average Bonchev–Trinajstić information content (AvgIpc) is 2.43. The van der Waals surface area contributed by atoms with Gasteiger partial charge < -0.3 is 4.90 Å². The summed E-state index contributed by atoms with van der Waals surface area (Å²) in [5, 5.41) is 0. The number of hydrogen-bond donors (Lipinski definition) is 0. The Labute approximate surface area is 131 Å². The van der Waals surface area contributed by atoms with Crippen molar-refractivity contribution in [3.05, 3.63) is 98.5 Å². The van der Waals surface area contributed by atoms with Crippen LogP contribution >= 0.6 is 0 Å². The summed E-state index contributed by atoms with van der Waals surface area (Å²) in [5.41, 5.74) is 1.14. The van der Waals surface area contributed by atoms with E-state index in [9.17, 15) is 0 Å². The molecule has 0 bridgehead atoms. The molecule has 0 fully saturated rings. The molecule has 0 N–H and O–H groups in total. The van der Waals surface area contributed by atoms with E-state index >= 15 is 0 Å². The maximum absolute atomic E-state index is 6.30. The highest BCUT2D eigenvalue weighted by atomic mass is 15.2. The van der Waals surface area contributed by atoms with Crippen LogP contribution in [-0.2, 0) is 0 Å². The van der Waals surface area contributed by atoms with Crippen LogP contribution < -0.4 is 0 Å². The summed E-state index contributed by atoms with van der Waals surface area (Å²) in [6, 6.07) is 0. The summed E-state index contributed by atoms with van der Waals surface area (Å²) in [7, 11) is 6.30. The topological polar surface area (TPSA) is 3.24 Å². The van der Waals surface area contributed by atoms with Gasteiger partial charge in [-0.3, -0.25) is 0 Å². The van der Waals surface area contributed by atoms with Crippen LogP contribution in [0, 0.1) is 0 Å². The van der Waals surface area contributed by atoms with Crippen LogP contribution in [-0.4, -0.2) is 18.2 Å². The molecule has 0 amide bonds. The average molecular weight is 277 g/mol. The van der Waals surface area contributed by atoms with Crippen LogP contribution in [0.5, 0.6) is 0 Å². The highest BCUT2D eigenvalue weighted by molar-refractivity contribution is 6.15. The largest absolute Gasteiger partial charge is 0.345 e. The van der Waals surface area contributed by atoms with E-state index in [0.717, 1.165) is 11.4 Å². The molecule has 0 aromatic heterocycles. The van der Waals surface area contributed by atoms with Gasteiger partial charge in [-0.1, -0.05) is 76.6 Å². The summed E-state index contributed by atoms with van der Waals surface area (Å²) in [6.45, 7) is 18.9. The van der Waals surface area contributed by atoms with E-state index in [4.69, 9.17) is 7.85 Å². The molecule has 0 aromatic carbocycles. The third-order valence-corrected chi connectivity index (χ3v) is 2.54. The highest BCUT2D eigenvalue weighted by Gasteiger charge is 2.23. The lowest BCUT2D eigenvalue weighted by atomic mass is 9.79. The fraction of sp³-hybridized carbons (Fsp3) is 0.158. The van der Waals surface area contributed by atoms with Crippen LogP contribution in [0.3, 0.4) is 0 Å². The molecule has 0 saturated heterocycles. The molecule has 108 valence electrons. The van der Waals surface area contributed by atoms with Gasteiger partial charge in [0.05, 0.1) is 0 Å². The number of rotatable bonds is 9. The van der Waals surface area contributed by atoms with Crippen LogP contribution in [0.15, 0.2) is 98.5 Å². The van der Waals surface area contributed by atoms with Gasteiger partial charge >= 0.3 is 0 Å². The van der Waals surface area contributed by atoms with Gasteiger partial charge in [0.15, 0.2) is 0 Å². The first-order valence-electron chi connectivity index (χ1n) is 6.75. The summed E-state index contributed by atoms with van der Waals surface area (Å²) in [4.78, 5) is 1.97. The summed E-state index contributed by atoms with van der Waals surface area (Å²) < 4.78 is 0. The van der Waals surface area contributed by atoms with Crippen LogP contribution in [0.4, 0.5) is 0 Å². The fourth-order valence-corrected chi connectivity index (χ4v) is 1.75. The maximum atomic E-state index is 6.30. The Hall–Kier alpha value is -2.22. The Kier molecular flexibility index (Phi) is 8.63. The van der Waals surface area contributed by atoms with Gasteiger partial charge in [-0.2, -0.15) is 0 Å². The molecule has 0 aliphatic heterocycles. The van der Waals surface area contributed by atoms with E-state index in [1.54, 1.807) is 24.3 Å². The highest BCUT2D eigenvalue weighted by Crippen LogP contribution is 2.25. The maximum Gasteiger partial charge on any atom is 0.104 e. The van der Waals surface area contributed by atoms with Gasteiger partial charge in [-0.05, 0) is 29.7 Å². The Morgan fingerprint density at radius 1 is 0.810 bits per heavy atom. The zero-order chi connectivity index (χ0) is 16.3. The normalized spacial score (nSPS) is 13.4. The van der Waals surface area contributed by atoms with Gasteiger partial charge in [0.25, 0.3) is 0 Å². The molecule has 2 heteroatoms. The molecule has 2 radical (unpaired) electrons. The van der Waals surface area contributed by atoms with Crippen molar-refractivity contribution in [1.29, 1.82) is 0 Å². The van der Waals surface area contributed by atoms with E-state index < -0.39 is 5.44 Å². The first-order chi connectivity index (χ1) is 9.92. The molecule has 21 heavy (non-hydrogen) atoms. The lowest BCUT2D eigenvalue weighted by Gasteiger charge is -2.39. The van der Waals surface area contributed by atoms with Crippen molar-refractivity contribution < 1.29 is 0 Å². The van der Waals surface area contributed by atoms with Crippen molar-refractivity contribution in [2.45, 2.75) is 19.3 Å². The molecule has 0 saturated carbocycles. The molecule has 0 aliphatic rings. The Balaban J connectivity index is 5.85. The molecule has 0 spiro atoms. The van der Waals surface area contributed by atoms with Gasteiger partial charge in [0.2, 0.25) is 0 Å². The Morgan fingerprint density at radius 2 is 1.19 bits per heavy atom. The second-order valence-electron chi connectivity index (χ2n) is 4.82. The monoisotopic (exact) mass is 277 g/mol. The van der Waals surface area contributed by atoms with Crippen molar-refractivity contribution in [2.75, 3.05) is 0 Å². The minimum absolute atomic E-state index is 0.607. The van der Waals surface area contributed by atoms with E-state index in [0.29, 0.717) is 0 Å². The van der Waals surface area contributed by atoms with Crippen molar-refractivity contribution in [3.63, 3.8) is 0 Å². The van der Waals surface area contributed by atoms with E-state index in [2.05, 4.69) is 26.3 Å². The molecule has 0 atom stereocenters. The van der Waals surface area contributed by atoms with Crippen molar-refractivity contribution >= 4 is 7.85 Å². The minimum Gasteiger partial charge on any atom is -0.345 e. The molecule has 0 aromatic rings. The Morgan fingerprint density at radius 3 is 1.43 bits per heavy atom. The number of nitrogens with zero attached hydrogens (tertiary/aromatic N) is 1. The van der Waals surface area contributed by atoms with Gasteiger partial charge in [-0.25, -0.2) is 0 Å². The Bertz CT molecular complexity index is 456. The minimum atomic E-state index is -0.607. The predicted molar refractivity (Wildman–Crippen MR) is 96.9 cm³/mol. The van der Waals surface area contributed by atoms with Crippen molar-refractivity contribution in [2.24, 2.45) is 0 Å². The quantitative estimate of drug-likeness (QED) is 0.431. The third kappa shape index (κ3) is 6.67. The van der Waals surface area contributed by atoms with Crippen LogP contribution in [0.1, 0.15) is 13.8 Å². The van der Waals surface area contributed by atoms with E-state index in [1.165, 1.54) is 0 Å². The molecule has 1 nitrogen and oxygen atoms in total. The molecule has 0 rings (SSSR count). The standard InChI is InChI=1S/C19H24BN/c1-7-11-13-15-17(9-3)21(19(5,6)20)18(10-4)16-14-12-8-2/h7-16H,1-4H2,5-6H3/b13-11-,14-12-,17-15+,18-16+. The lowest BCUT2D eigenvalue weighted by molar-refractivity contribution is 0.327. The number of hydrogen-bond acceptors (Lipinski definition) is 1. The molecule has 0 aliphatic carbocycles. The summed E-state index contributed by atoms with van der Waals surface area (Å²) in [5.74, 6) is 0. The molecular formula is C19H24BN. The zero-order valence-electron chi connectivity index (χ0n) is 13.1. The zero-order valence-corrected chi connectivity index (χ0v) is 13.1. The van der Waals surface area contributed by atoms with Gasteiger partial charge in [0.1, 0.15) is 7.85 Å². The van der Waals surface area contributed by atoms with E-state index in [-0.39, 0.29) is 0 Å². The van der Waals surface area contributed by atoms with Gasteiger partial charge in [0, 0.05) is 11.4 Å². The molecular weight excluding hydrogens is 253 g/mol. The van der Waals surface area contributed by atoms with Crippen LogP contribution in [0.2, 0.25) is 0 Å².